The number of nitrogens with two attached hydrogens (primary N) is 1. The fourth-order valence-corrected chi connectivity index (χ4v) is 2.45. The standard InChI is InChI=1S/C13H19N3O2/c1-2-4-9-7-16(8-10(9)14)13(18)12-11(17)5-3-6-15-12/h3,5-6,9-10,17H,2,4,7-8,14H2,1H3/t9-,10-/m0/s1. The molecule has 1 saturated heterocycles. The van der Waals surface area contributed by atoms with E-state index in [0.29, 0.717) is 19.0 Å². The number of nitrogens with zero attached hydrogens (tertiary/aromatic N) is 2. The van der Waals surface area contributed by atoms with E-state index in [1.54, 1.807) is 11.0 Å². The van der Waals surface area contributed by atoms with Crippen molar-refractivity contribution in [2.45, 2.75) is 25.8 Å². The molecule has 18 heavy (non-hydrogen) atoms. The Morgan fingerprint density at radius 1 is 1.61 bits per heavy atom. The minimum atomic E-state index is -0.234. The van der Waals surface area contributed by atoms with Crippen molar-refractivity contribution >= 4 is 5.91 Å². The molecule has 0 bridgehead atoms. The van der Waals surface area contributed by atoms with Gasteiger partial charge in [-0.05, 0) is 24.5 Å². The molecule has 2 heterocycles. The van der Waals surface area contributed by atoms with Crippen molar-refractivity contribution < 1.29 is 9.90 Å². The first-order chi connectivity index (χ1) is 8.63. The van der Waals surface area contributed by atoms with Crippen molar-refractivity contribution in [3.63, 3.8) is 0 Å². The van der Waals surface area contributed by atoms with Crippen LogP contribution >= 0.6 is 0 Å². The quantitative estimate of drug-likeness (QED) is 0.837. The average Bonchev–Trinajstić information content (AvgIpc) is 2.71. The van der Waals surface area contributed by atoms with Crippen LogP contribution in [-0.4, -0.2) is 40.0 Å². The second kappa shape index (κ2) is 5.35. The highest BCUT2D eigenvalue weighted by molar-refractivity contribution is 5.95. The van der Waals surface area contributed by atoms with Gasteiger partial charge in [0.05, 0.1) is 0 Å². The molecule has 5 nitrogen and oxygen atoms in total. The van der Waals surface area contributed by atoms with Gasteiger partial charge in [-0.2, -0.15) is 0 Å². The highest BCUT2D eigenvalue weighted by Gasteiger charge is 2.33. The molecule has 98 valence electrons. The van der Waals surface area contributed by atoms with Gasteiger partial charge in [-0.1, -0.05) is 13.3 Å². The van der Waals surface area contributed by atoms with E-state index in [-0.39, 0.29) is 23.4 Å². The maximum atomic E-state index is 12.2. The van der Waals surface area contributed by atoms with E-state index in [9.17, 15) is 9.90 Å². The topological polar surface area (TPSA) is 79.5 Å². The van der Waals surface area contributed by atoms with Gasteiger partial charge in [0.2, 0.25) is 0 Å². The molecule has 0 radical (unpaired) electrons. The summed E-state index contributed by atoms with van der Waals surface area (Å²) in [6.45, 7) is 3.31. The molecule has 0 aromatic carbocycles. The lowest BCUT2D eigenvalue weighted by Gasteiger charge is -2.16. The number of likely N-dealkylation sites (tertiary alicyclic amines) is 1. The average molecular weight is 249 g/mol. The van der Waals surface area contributed by atoms with Gasteiger partial charge in [-0.15, -0.1) is 0 Å². The molecule has 3 N–H and O–H groups in total. The molecular formula is C13H19N3O2. The highest BCUT2D eigenvalue weighted by Crippen LogP contribution is 2.23. The Hall–Kier alpha value is -1.62. The first-order valence-electron chi connectivity index (χ1n) is 6.32. The van der Waals surface area contributed by atoms with E-state index in [4.69, 9.17) is 5.73 Å². The molecule has 1 aromatic heterocycles. The van der Waals surface area contributed by atoms with E-state index in [1.807, 2.05) is 0 Å². The van der Waals surface area contributed by atoms with Gasteiger partial charge < -0.3 is 15.7 Å². The normalized spacial score (nSPS) is 23.3. The van der Waals surface area contributed by atoms with Crippen LogP contribution in [-0.2, 0) is 0 Å². The number of carbonyl (C=O) groups excluding carboxylic acids is 1. The van der Waals surface area contributed by atoms with Crippen LogP contribution in [0.4, 0.5) is 0 Å². The first-order valence-corrected chi connectivity index (χ1v) is 6.32. The largest absolute Gasteiger partial charge is 0.505 e. The monoisotopic (exact) mass is 249 g/mol. The van der Waals surface area contributed by atoms with E-state index in [0.717, 1.165) is 12.8 Å². The number of hydrogen-bond donors (Lipinski definition) is 2. The molecule has 2 rings (SSSR count). The predicted molar refractivity (Wildman–Crippen MR) is 68.2 cm³/mol. The lowest BCUT2D eigenvalue weighted by molar-refractivity contribution is 0.0776. The molecule has 0 spiro atoms. The van der Waals surface area contributed by atoms with Gasteiger partial charge in [-0.3, -0.25) is 4.79 Å². The van der Waals surface area contributed by atoms with Gasteiger partial charge in [0.25, 0.3) is 5.91 Å². The third-order valence-electron chi connectivity index (χ3n) is 3.43. The number of pyridine rings is 1. The fourth-order valence-electron chi connectivity index (χ4n) is 2.45. The molecule has 5 heteroatoms. The van der Waals surface area contributed by atoms with Crippen LogP contribution in [0.25, 0.3) is 0 Å². The van der Waals surface area contributed by atoms with Gasteiger partial charge in [0.15, 0.2) is 5.69 Å². The van der Waals surface area contributed by atoms with Gasteiger partial charge in [0, 0.05) is 25.3 Å². The van der Waals surface area contributed by atoms with Gasteiger partial charge in [-0.25, -0.2) is 4.98 Å². The minimum Gasteiger partial charge on any atom is -0.505 e. The predicted octanol–water partition coefficient (Wildman–Crippen LogP) is 0.987. The van der Waals surface area contributed by atoms with Crippen LogP contribution in [0.3, 0.4) is 0 Å². The summed E-state index contributed by atoms with van der Waals surface area (Å²) in [5, 5.41) is 9.64. The Morgan fingerprint density at radius 2 is 2.39 bits per heavy atom. The van der Waals surface area contributed by atoms with Crippen LogP contribution in [0.1, 0.15) is 30.3 Å². The number of aromatic nitrogens is 1. The maximum Gasteiger partial charge on any atom is 0.276 e. The number of hydrogen-bond acceptors (Lipinski definition) is 4. The van der Waals surface area contributed by atoms with Crippen molar-refractivity contribution in [3.05, 3.63) is 24.0 Å². The molecular weight excluding hydrogens is 230 g/mol. The van der Waals surface area contributed by atoms with E-state index in [2.05, 4.69) is 11.9 Å². The van der Waals surface area contributed by atoms with E-state index in [1.165, 1.54) is 12.3 Å². The van der Waals surface area contributed by atoms with Crippen molar-refractivity contribution in [1.82, 2.24) is 9.88 Å². The molecule has 1 fully saturated rings. The third-order valence-corrected chi connectivity index (χ3v) is 3.43. The smallest absolute Gasteiger partial charge is 0.276 e. The van der Waals surface area contributed by atoms with Crippen molar-refractivity contribution in [2.24, 2.45) is 11.7 Å². The summed E-state index contributed by atoms with van der Waals surface area (Å²) in [5.74, 6) is 0.0435. The van der Waals surface area contributed by atoms with Crippen molar-refractivity contribution in [3.8, 4) is 5.75 Å². The van der Waals surface area contributed by atoms with E-state index < -0.39 is 0 Å². The summed E-state index contributed by atoms with van der Waals surface area (Å²) in [5.41, 5.74) is 6.15. The van der Waals surface area contributed by atoms with Crippen LogP contribution < -0.4 is 5.73 Å². The SMILES string of the molecule is CCC[C@H]1CN(C(=O)c2ncccc2O)C[C@@H]1N. The van der Waals surface area contributed by atoms with Crippen molar-refractivity contribution in [2.75, 3.05) is 13.1 Å². The lowest BCUT2D eigenvalue weighted by Crippen LogP contribution is -2.32. The van der Waals surface area contributed by atoms with Crippen LogP contribution in [0.2, 0.25) is 0 Å². The van der Waals surface area contributed by atoms with Crippen molar-refractivity contribution in [1.29, 1.82) is 0 Å². The first kappa shape index (κ1) is 12.8. The number of amides is 1. The Bertz CT molecular complexity index is 436. The summed E-state index contributed by atoms with van der Waals surface area (Å²) in [6, 6.07) is 3.10. The summed E-state index contributed by atoms with van der Waals surface area (Å²) >= 11 is 0. The Balaban J connectivity index is 2.10. The summed E-state index contributed by atoms with van der Waals surface area (Å²) in [4.78, 5) is 17.8. The Morgan fingerprint density at radius 3 is 3.06 bits per heavy atom. The zero-order chi connectivity index (χ0) is 13.1. The molecule has 1 aliphatic heterocycles. The fraction of sp³-hybridized carbons (Fsp3) is 0.538. The Kier molecular flexibility index (Phi) is 3.81. The second-order valence-corrected chi connectivity index (χ2v) is 4.79. The minimum absolute atomic E-state index is 0.0276. The summed E-state index contributed by atoms with van der Waals surface area (Å²) < 4.78 is 0. The van der Waals surface area contributed by atoms with E-state index >= 15 is 0 Å². The number of rotatable bonds is 3. The van der Waals surface area contributed by atoms with Crippen LogP contribution in [0.5, 0.6) is 5.75 Å². The van der Waals surface area contributed by atoms with Gasteiger partial charge >= 0.3 is 0 Å². The molecule has 1 amide bonds. The zero-order valence-electron chi connectivity index (χ0n) is 10.5. The third kappa shape index (κ3) is 2.46. The molecule has 1 aromatic rings. The molecule has 0 unspecified atom stereocenters. The molecule has 0 saturated carbocycles. The lowest BCUT2D eigenvalue weighted by atomic mass is 9.99. The zero-order valence-corrected chi connectivity index (χ0v) is 10.5. The second-order valence-electron chi connectivity index (χ2n) is 4.79. The maximum absolute atomic E-state index is 12.2. The van der Waals surface area contributed by atoms with Gasteiger partial charge in [0.1, 0.15) is 5.75 Å². The molecule has 0 aliphatic carbocycles. The number of carbonyl (C=O) groups is 1. The molecule has 2 atom stereocenters. The summed E-state index contributed by atoms with van der Waals surface area (Å²) in [7, 11) is 0. The molecule has 1 aliphatic rings. The highest BCUT2D eigenvalue weighted by atomic mass is 16.3. The van der Waals surface area contributed by atoms with Crippen LogP contribution in [0, 0.1) is 5.92 Å². The summed E-state index contributed by atoms with van der Waals surface area (Å²) in [6.07, 6.45) is 3.60. The Labute approximate surface area is 107 Å². The number of aromatic hydroxyl groups is 1. The van der Waals surface area contributed by atoms with Crippen LogP contribution in [0.15, 0.2) is 18.3 Å².